The van der Waals surface area contributed by atoms with Crippen molar-refractivity contribution in [3.05, 3.63) is 65.9 Å². The molecule has 4 aromatic rings. The van der Waals surface area contributed by atoms with Gasteiger partial charge in [0.2, 0.25) is 11.7 Å². The topological polar surface area (TPSA) is 115 Å². The Morgan fingerprint density at radius 1 is 1.24 bits per heavy atom. The van der Waals surface area contributed by atoms with Crippen LogP contribution in [0.5, 0.6) is 0 Å². The fraction of sp³-hybridized carbons (Fsp3) is 0.227. The van der Waals surface area contributed by atoms with Crippen molar-refractivity contribution in [3.63, 3.8) is 0 Å². The number of pyridine rings is 1. The molecule has 12 heteroatoms. The average molecular weight is 468 g/mol. The molecule has 174 valence electrons. The van der Waals surface area contributed by atoms with E-state index < -0.39 is 18.4 Å². The van der Waals surface area contributed by atoms with Gasteiger partial charge in [-0.2, -0.15) is 4.98 Å². The molecular weight excluding hydrogens is 450 g/mol. The molecule has 1 N–H and O–H groups in total. The minimum absolute atomic E-state index is 0.0739. The average Bonchev–Trinajstić information content (AvgIpc) is 3.45. The zero-order valence-electron chi connectivity index (χ0n) is 17.8. The fourth-order valence-corrected chi connectivity index (χ4v) is 3.71. The van der Waals surface area contributed by atoms with E-state index in [1.165, 1.54) is 36.4 Å². The van der Waals surface area contributed by atoms with E-state index >= 15 is 0 Å². The summed E-state index contributed by atoms with van der Waals surface area (Å²) in [6.07, 6.45) is -0.223. The number of methoxy groups -OCH3 is 1. The molecule has 5 rings (SSSR count). The van der Waals surface area contributed by atoms with Crippen LogP contribution in [0.15, 0.2) is 53.3 Å². The number of alkyl halides is 2. The highest BCUT2D eigenvalue weighted by atomic mass is 19.3. The molecule has 0 radical (unpaired) electrons. The van der Waals surface area contributed by atoms with Crippen LogP contribution in [0.2, 0.25) is 0 Å². The second-order valence-corrected chi connectivity index (χ2v) is 7.66. The summed E-state index contributed by atoms with van der Waals surface area (Å²) in [6.45, 7) is 0.748. The number of anilines is 1. The number of likely N-dealkylation sites (tertiary alicyclic amines) is 1. The number of halogens is 2. The molecule has 1 aliphatic rings. The zero-order valence-corrected chi connectivity index (χ0v) is 17.8. The first-order valence-electron chi connectivity index (χ1n) is 10.3. The Kier molecular flexibility index (Phi) is 5.40. The Morgan fingerprint density at radius 3 is 2.82 bits per heavy atom. The predicted molar refractivity (Wildman–Crippen MR) is 115 cm³/mol. The minimum Gasteiger partial charge on any atom is -0.453 e. The summed E-state index contributed by atoms with van der Waals surface area (Å²) in [4.78, 5) is 34.3. The normalized spacial score (nSPS) is 13.8. The third kappa shape index (κ3) is 3.83. The van der Waals surface area contributed by atoms with Crippen LogP contribution in [0.25, 0.3) is 17.0 Å². The van der Waals surface area contributed by atoms with Crippen molar-refractivity contribution in [2.24, 2.45) is 0 Å². The molecular formula is C22H18F2N6O4. The van der Waals surface area contributed by atoms with E-state index in [-0.39, 0.29) is 28.7 Å². The maximum Gasteiger partial charge on any atom is 0.409 e. The molecule has 34 heavy (non-hydrogen) atoms. The van der Waals surface area contributed by atoms with E-state index in [1.807, 2.05) is 0 Å². The Bertz CT molecular complexity index is 1380. The molecule has 0 bridgehead atoms. The second kappa shape index (κ2) is 8.54. The van der Waals surface area contributed by atoms with Crippen molar-refractivity contribution >= 4 is 23.3 Å². The van der Waals surface area contributed by atoms with Crippen LogP contribution in [-0.4, -0.2) is 56.6 Å². The molecule has 0 saturated carbocycles. The third-order valence-electron chi connectivity index (χ3n) is 5.55. The molecule has 0 aliphatic carbocycles. The summed E-state index contributed by atoms with van der Waals surface area (Å²) in [5.41, 5.74) is 0.717. The number of carbonyl (C=O) groups excluding carboxylic acids is 2. The van der Waals surface area contributed by atoms with Gasteiger partial charge in [-0.3, -0.25) is 9.20 Å². The van der Waals surface area contributed by atoms with Gasteiger partial charge in [0.1, 0.15) is 11.3 Å². The Labute approximate surface area is 191 Å². The molecule has 1 saturated heterocycles. The van der Waals surface area contributed by atoms with Gasteiger partial charge in [0.25, 0.3) is 12.3 Å². The second-order valence-electron chi connectivity index (χ2n) is 7.66. The van der Waals surface area contributed by atoms with Crippen molar-refractivity contribution in [1.29, 1.82) is 0 Å². The molecule has 1 aromatic carbocycles. The van der Waals surface area contributed by atoms with Gasteiger partial charge in [-0.25, -0.2) is 18.6 Å². The van der Waals surface area contributed by atoms with Crippen molar-refractivity contribution in [2.45, 2.75) is 12.3 Å². The summed E-state index contributed by atoms with van der Waals surface area (Å²) >= 11 is 0. The van der Waals surface area contributed by atoms with E-state index in [0.717, 1.165) is 0 Å². The van der Waals surface area contributed by atoms with Gasteiger partial charge < -0.3 is 19.5 Å². The van der Waals surface area contributed by atoms with Gasteiger partial charge >= 0.3 is 6.09 Å². The fourth-order valence-electron chi connectivity index (χ4n) is 3.71. The van der Waals surface area contributed by atoms with Crippen molar-refractivity contribution < 1.29 is 27.6 Å². The standard InChI is InChI=1S/C22H18F2N6O4/c1-33-22(32)29-10-13(11-29)21-27-19(28-34-21)12-5-6-14(18(23)24)15(8-12)26-20(31)16-9-25-17-4-2-3-7-30(16)17/h2-9,13,18H,10-11H2,1H3,(H,26,31). The van der Waals surface area contributed by atoms with Gasteiger partial charge in [0.05, 0.1) is 24.9 Å². The van der Waals surface area contributed by atoms with E-state index in [9.17, 15) is 18.4 Å². The van der Waals surface area contributed by atoms with E-state index in [0.29, 0.717) is 30.2 Å². The monoisotopic (exact) mass is 468 g/mol. The molecule has 1 fully saturated rings. The Hall–Kier alpha value is -4.35. The number of rotatable bonds is 5. The molecule has 2 amide bonds. The minimum atomic E-state index is -2.81. The number of ether oxygens (including phenoxy) is 1. The highest BCUT2D eigenvalue weighted by molar-refractivity contribution is 6.04. The van der Waals surface area contributed by atoms with Gasteiger partial charge in [-0.1, -0.05) is 23.4 Å². The maximum atomic E-state index is 13.6. The first-order chi connectivity index (χ1) is 16.4. The maximum absolute atomic E-state index is 13.6. The van der Waals surface area contributed by atoms with Crippen LogP contribution >= 0.6 is 0 Å². The lowest BCUT2D eigenvalue weighted by molar-refractivity contribution is 0.0804. The number of hydrogen-bond donors (Lipinski definition) is 1. The van der Waals surface area contributed by atoms with Gasteiger partial charge in [-0.15, -0.1) is 0 Å². The number of hydrogen-bond acceptors (Lipinski definition) is 7. The number of benzene rings is 1. The quantitative estimate of drug-likeness (QED) is 0.474. The summed E-state index contributed by atoms with van der Waals surface area (Å²) in [6, 6.07) is 9.25. The first-order valence-corrected chi connectivity index (χ1v) is 10.3. The number of carbonyl (C=O) groups is 2. The Morgan fingerprint density at radius 2 is 2.06 bits per heavy atom. The lowest BCUT2D eigenvalue weighted by Gasteiger charge is -2.35. The number of nitrogens with zero attached hydrogens (tertiary/aromatic N) is 5. The lowest BCUT2D eigenvalue weighted by Crippen LogP contribution is -2.48. The zero-order chi connectivity index (χ0) is 23.8. The van der Waals surface area contributed by atoms with Crippen LogP contribution in [-0.2, 0) is 4.74 Å². The van der Waals surface area contributed by atoms with Gasteiger partial charge in [0, 0.05) is 30.4 Å². The van der Waals surface area contributed by atoms with Crippen LogP contribution in [0.1, 0.15) is 34.3 Å². The number of aromatic nitrogens is 4. The predicted octanol–water partition coefficient (Wildman–Crippen LogP) is 3.74. The summed E-state index contributed by atoms with van der Waals surface area (Å²) in [5.74, 6) is -0.235. The first kappa shape index (κ1) is 21.5. The summed E-state index contributed by atoms with van der Waals surface area (Å²) in [5, 5.41) is 6.48. The smallest absolute Gasteiger partial charge is 0.409 e. The molecule has 0 unspecified atom stereocenters. The van der Waals surface area contributed by atoms with Crippen LogP contribution in [0.3, 0.4) is 0 Å². The highest BCUT2D eigenvalue weighted by Gasteiger charge is 2.36. The molecule has 0 spiro atoms. The van der Waals surface area contributed by atoms with Gasteiger partial charge in [0.15, 0.2) is 0 Å². The SMILES string of the molecule is COC(=O)N1CC(c2nc(-c3ccc(C(F)F)c(NC(=O)c4cnc5ccccn45)c3)no2)C1. The third-order valence-corrected chi connectivity index (χ3v) is 5.55. The molecule has 1 aliphatic heterocycles. The molecule has 10 nitrogen and oxygen atoms in total. The summed E-state index contributed by atoms with van der Waals surface area (Å²) < 4.78 is 38.8. The molecule has 0 atom stereocenters. The number of imidazole rings is 1. The number of fused-ring (bicyclic) bond motifs is 1. The lowest BCUT2D eigenvalue weighted by atomic mass is 10.0. The Balaban J connectivity index is 1.39. The van der Waals surface area contributed by atoms with Crippen molar-refractivity contribution in [2.75, 3.05) is 25.5 Å². The number of amides is 2. The number of nitrogens with one attached hydrogen (secondary N) is 1. The van der Waals surface area contributed by atoms with E-state index in [2.05, 4.69) is 25.2 Å². The van der Waals surface area contributed by atoms with E-state index in [1.54, 1.807) is 28.8 Å². The van der Waals surface area contributed by atoms with Crippen molar-refractivity contribution in [3.8, 4) is 11.4 Å². The van der Waals surface area contributed by atoms with Crippen LogP contribution < -0.4 is 5.32 Å². The van der Waals surface area contributed by atoms with Crippen molar-refractivity contribution in [1.82, 2.24) is 24.4 Å². The molecule has 3 aromatic heterocycles. The highest BCUT2D eigenvalue weighted by Crippen LogP contribution is 2.33. The van der Waals surface area contributed by atoms with Crippen LogP contribution in [0.4, 0.5) is 19.3 Å². The summed E-state index contributed by atoms with van der Waals surface area (Å²) in [7, 11) is 1.30. The van der Waals surface area contributed by atoms with Crippen LogP contribution in [0, 0.1) is 0 Å². The van der Waals surface area contributed by atoms with Gasteiger partial charge in [-0.05, 0) is 18.2 Å². The largest absolute Gasteiger partial charge is 0.453 e. The van der Waals surface area contributed by atoms with E-state index in [4.69, 9.17) is 4.52 Å². The molecule has 4 heterocycles.